The number of hydrogen-bond acceptors (Lipinski definition) is 4. The highest BCUT2D eigenvalue weighted by Crippen LogP contribution is 2.35. The number of imidazole rings is 1. The van der Waals surface area contributed by atoms with Gasteiger partial charge in [-0.15, -0.1) is 11.3 Å². The number of likely N-dealkylation sites (tertiary alicyclic amines) is 1. The molecule has 5 rings (SSSR count). The molecule has 132 valence electrons. The fourth-order valence-corrected chi connectivity index (χ4v) is 4.70. The summed E-state index contributed by atoms with van der Waals surface area (Å²) in [4.78, 5) is 8.63. The summed E-state index contributed by atoms with van der Waals surface area (Å²) >= 11 is 1.77. The molecule has 1 aliphatic rings. The number of nitrogens with zero attached hydrogens (tertiary/aromatic N) is 5. The zero-order chi connectivity index (χ0) is 17.5. The van der Waals surface area contributed by atoms with Crippen molar-refractivity contribution in [1.29, 1.82) is 0 Å². The molecule has 6 heteroatoms. The van der Waals surface area contributed by atoms with Crippen molar-refractivity contribution in [3.8, 4) is 10.4 Å². The van der Waals surface area contributed by atoms with Gasteiger partial charge in [0, 0.05) is 42.0 Å². The van der Waals surface area contributed by atoms with E-state index in [0.29, 0.717) is 6.04 Å². The third-order valence-corrected chi connectivity index (χ3v) is 6.11. The predicted molar refractivity (Wildman–Crippen MR) is 104 cm³/mol. The lowest BCUT2D eigenvalue weighted by molar-refractivity contribution is 0.246. The van der Waals surface area contributed by atoms with Crippen LogP contribution in [0.4, 0.5) is 0 Å². The lowest BCUT2D eigenvalue weighted by Crippen LogP contribution is -2.23. The van der Waals surface area contributed by atoms with Crippen LogP contribution in [0.1, 0.15) is 30.1 Å². The Morgan fingerprint density at radius 1 is 1.23 bits per heavy atom. The van der Waals surface area contributed by atoms with Crippen LogP contribution in [-0.4, -0.2) is 30.6 Å². The van der Waals surface area contributed by atoms with Gasteiger partial charge in [-0.3, -0.25) is 9.58 Å². The Bertz CT molecular complexity index is 1030. The molecule has 1 atom stereocenters. The zero-order valence-electron chi connectivity index (χ0n) is 14.7. The van der Waals surface area contributed by atoms with E-state index in [2.05, 4.69) is 56.4 Å². The Labute approximate surface area is 156 Å². The van der Waals surface area contributed by atoms with E-state index in [0.717, 1.165) is 13.1 Å². The third kappa shape index (κ3) is 2.75. The van der Waals surface area contributed by atoms with Gasteiger partial charge in [0.2, 0.25) is 0 Å². The number of aryl methyl sites for hydroxylation is 1. The number of aromatic nitrogens is 4. The first kappa shape index (κ1) is 15.8. The molecule has 5 nitrogen and oxygen atoms in total. The van der Waals surface area contributed by atoms with Crippen LogP contribution in [0, 0.1) is 0 Å². The van der Waals surface area contributed by atoms with E-state index in [9.17, 15) is 0 Å². The van der Waals surface area contributed by atoms with Crippen molar-refractivity contribution >= 4 is 16.9 Å². The largest absolute Gasteiger partial charge is 0.305 e. The molecule has 26 heavy (non-hydrogen) atoms. The Balaban J connectivity index is 1.46. The molecule has 0 spiro atoms. The number of thiophene rings is 1. The predicted octanol–water partition coefficient (Wildman–Crippen LogP) is 4.13. The average molecular weight is 363 g/mol. The van der Waals surface area contributed by atoms with E-state index in [1.807, 2.05) is 24.3 Å². The minimum absolute atomic E-state index is 0.382. The highest BCUT2D eigenvalue weighted by molar-refractivity contribution is 7.13. The van der Waals surface area contributed by atoms with E-state index < -0.39 is 0 Å². The third-order valence-electron chi connectivity index (χ3n) is 5.19. The van der Waals surface area contributed by atoms with Crippen molar-refractivity contribution in [2.75, 3.05) is 6.54 Å². The summed E-state index contributed by atoms with van der Waals surface area (Å²) in [7, 11) is 1.97. The first-order chi connectivity index (χ1) is 12.8. The first-order valence-corrected chi connectivity index (χ1v) is 9.88. The molecule has 5 heterocycles. The van der Waals surface area contributed by atoms with Crippen molar-refractivity contribution in [2.24, 2.45) is 7.05 Å². The van der Waals surface area contributed by atoms with Crippen LogP contribution in [-0.2, 0) is 13.6 Å². The summed E-state index contributed by atoms with van der Waals surface area (Å²) < 4.78 is 4.05. The maximum atomic E-state index is 4.80. The molecule has 0 N–H and O–H groups in total. The van der Waals surface area contributed by atoms with Crippen LogP contribution in [0.2, 0.25) is 0 Å². The molecule has 0 bridgehead atoms. The molecule has 0 saturated carbocycles. The second kappa shape index (κ2) is 6.37. The summed E-state index contributed by atoms with van der Waals surface area (Å²) in [6.07, 6.45) is 10.6. The lowest BCUT2D eigenvalue weighted by Gasteiger charge is -2.22. The van der Waals surface area contributed by atoms with E-state index in [-0.39, 0.29) is 0 Å². The topological polar surface area (TPSA) is 38.4 Å². The van der Waals surface area contributed by atoms with Crippen LogP contribution < -0.4 is 0 Å². The Kier molecular flexibility index (Phi) is 3.87. The number of fused-ring (bicyclic) bond motifs is 1. The van der Waals surface area contributed by atoms with Crippen LogP contribution in [0.3, 0.4) is 0 Å². The molecule has 4 aromatic rings. The van der Waals surface area contributed by atoms with E-state index in [1.165, 1.54) is 40.1 Å². The summed E-state index contributed by atoms with van der Waals surface area (Å²) in [5.74, 6) is 0. The summed E-state index contributed by atoms with van der Waals surface area (Å²) in [6.45, 7) is 2.05. The van der Waals surface area contributed by atoms with E-state index in [1.54, 1.807) is 11.3 Å². The fraction of sp³-hybridized carbons (Fsp3) is 0.300. The van der Waals surface area contributed by atoms with Gasteiger partial charge in [0.1, 0.15) is 0 Å². The highest BCUT2D eigenvalue weighted by atomic mass is 32.1. The second-order valence-electron chi connectivity index (χ2n) is 6.97. The second-order valence-corrected chi connectivity index (χ2v) is 7.92. The van der Waals surface area contributed by atoms with Gasteiger partial charge in [-0.2, -0.15) is 5.10 Å². The zero-order valence-corrected chi connectivity index (χ0v) is 15.6. The van der Waals surface area contributed by atoms with Gasteiger partial charge in [0.05, 0.1) is 29.8 Å². The van der Waals surface area contributed by atoms with Gasteiger partial charge in [0.25, 0.3) is 0 Å². The first-order valence-electron chi connectivity index (χ1n) is 9.00. The monoisotopic (exact) mass is 363 g/mol. The maximum Gasteiger partial charge on any atom is 0.0996 e. The average Bonchev–Trinajstić information content (AvgIpc) is 3.42. The van der Waals surface area contributed by atoms with E-state index in [4.69, 9.17) is 4.98 Å². The number of pyridine rings is 1. The quantitative estimate of drug-likeness (QED) is 0.547. The molecule has 1 saturated heterocycles. The van der Waals surface area contributed by atoms with Gasteiger partial charge >= 0.3 is 0 Å². The van der Waals surface area contributed by atoms with Crippen LogP contribution >= 0.6 is 11.3 Å². The van der Waals surface area contributed by atoms with Crippen LogP contribution in [0.25, 0.3) is 16.0 Å². The molecule has 1 aliphatic heterocycles. The van der Waals surface area contributed by atoms with Gasteiger partial charge in [-0.05, 0) is 43.0 Å². The fourth-order valence-electron chi connectivity index (χ4n) is 3.98. The Hall–Kier alpha value is -2.44. The molecule has 0 unspecified atom stereocenters. The minimum Gasteiger partial charge on any atom is -0.305 e. The highest BCUT2D eigenvalue weighted by Gasteiger charge is 2.29. The number of rotatable bonds is 4. The van der Waals surface area contributed by atoms with Gasteiger partial charge < -0.3 is 4.40 Å². The van der Waals surface area contributed by atoms with Crippen LogP contribution in [0.15, 0.2) is 54.6 Å². The Morgan fingerprint density at radius 2 is 2.19 bits per heavy atom. The normalized spacial score (nSPS) is 18.1. The van der Waals surface area contributed by atoms with Crippen molar-refractivity contribution in [3.63, 3.8) is 0 Å². The standard InChI is InChI=1S/C20H21N5S/c1-23-11-15(10-22-23)12-24-8-2-4-17(24)20-18-7-6-16(13-25(18)14-21-20)19-5-3-9-26-19/h3,5-7,9-11,13-14,17H,2,4,8,12H2,1H3/t17-/m0/s1. The number of hydrogen-bond donors (Lipinski definition) is 0. The molecular weight excluding hydrogens is 342 g/mol. The van der Waals surface area contributed by atoms with Crippen molar-refractivity contribution in [3.05, 3.63) is 65.8 Å². The smallest absolute Gasteiger partial charge is 0.0996 e. The lowest BCUT2D eigenvalue weighted by atomic mass is 10.1. The SMILES string of the molecule is Cn1cc(CN2CCC[C@H]2c2ncn3cc(-c4cccs4)ccc23)cn1. The molecule has 0 aromatic carbocycles. The van der Waals surface area contributed by atoms with Gasteiger partial charge in [0.15, 0.2) is 0 Å². The molecule has 4 aromatic heterocycles. The summed E-state index contributed by atoms with van der Waals surface area (Å²) in [5.41, 5.74) is 4.93. The molecule has 0 radical (unpaired) electrons. The van der Waals surface area contributed by atoms with Crippen molar-refractivity contribution in [2.45, 2.75) is 25.4 Å². The molecule has 1 fully saturated rings. The Morgan fingerprint density at radius 3 is 3.00 bits per heavy atom. The molecule has 0 amide bonds. The molecular formula is C20H21N5S. The minimum atomic E-state index is 0.382. The van der Waals surface area contributed by atoms with Gasteiger partial charge in [-0.25, -0.2) is 4.98 Å². The maximum absolute atomic E-state index is 4.80. The van der Waals surface area contributed by atoms with Gasteiger partial charge in [-0.1, -0.05) is 6.07 Å². The summed E-state index contributed by atoms with van der Waals surface area (Å²) in [6, 6.07) is 9.08. The summed E-state index contributed by atoms with van der Waals surface area (Å²) in [5, 5.41) is 6.42. The molecule has 0 aliphatic carbocycles. The van der Waals surface area contributed by atoms with Crippen molar-refractivity contribution < 1.29 is 0 Å². The van der Waals surface area contributed by atoms with Crippen LogP contribution in [0.5, 0.6) is 0 Å². The van der Waals surface area contributed by atoms with E-state index >= 15 is 0 Å². The van der Waals surface area contributed by atoms with Crippen molar-refractivity contribution in [1.82, 2.24) is 24.1 Å².